The minimum atomic E-state index is -0.341. The Hall–Kier alpha value is -3.72. The normalized spacial score (nSPS) is 18.1. The molecule has 9 nitrogen and oxygen atoms in total. The Bertz CT molecular complexity index is 1460. The van der Waals surface area contributed by atoms with Crippen molar-refractivity contribution in [3.05, 3.63) is 75.3 Å². The summed E-state index contributed by atoms with van der Waals surface area (Å²) in [5.74, 6) is 1.02. The van der Waals surface area contributed by atoms with Crippen LogP contribution in [-0.2, 0) is 0 Å². The molecule has 37 heavy (non-hydrogen) atoms. The molecule has 0 radical (unpaired) electrons. The number of rotatable bonds is 5. The Morgan fingerprint density at radius 2 is 1.73 bits per heavy atom. The highest BCUT2D eigenvalue weighted by molar-refractivity contribution is 5.83. The van der Waals surface area contributed by atoms with Crippen LogP contribution in [0.3, 0.4) is 0 Å². The molecule has 2 fully saturated rings. The van der Waals surface area contributed by atoms with Crippen LogP contribution in [-0.4, -0.2) is 61.4 Å². The SMILES string of the molecule is Cc1cc(C)c2cc([C@@H](c3nnnn3C3CCCC3)N3CCN(c4ccc(O)cc4)CC3)c(=O)[nH]c2c1. The Kier molecular flexibility index (Phi) is 6.16. The van der Waals surface area contributed by atoms with Crippen molar-refractivity contribution in [1.29, 1.82) is 0 Å². The molecule has 0 amide bonds. The number of aryl methyl sites for hydroxylation is 2. The lowest BCUT2D eigenvalue weighted by molar-refractivity contribution is 0.197. The van der Waals surface area contributed by atoms with E-state index in [1.807, 2.05) is 35.9 Å². The van der Waals surface area contributed by atoms with Crippen LogP contribution in [0, 0.1) is 13.8 Å². The number of pyridine rings is 1. The van der Waals surface area contributed by atoms with E-state index in [1.165, 1.54) is 12.8 Å². The van der Waals surface area contributed by atoms with Crippen LogP contribution in [0.15, 0.2) is 47.3 Å². The molecule has 6 rings (SSSR count). The zero-order chi connectivity index (χ0) is 25.5. The lowest BCUT2D eigenvalue weighted by atomic mass is 9.99. The number of anilines is 1. The Morgan fingerprint density at radius 3 is 2.46 bits per heavy atom. The predicted molar refractivity (Wildman–Crippen MR) is 143 cm³/mol. The molecule has 2 aliphatic rings. The van der Waals surface area contributed by atoms with Crippen LogP contribution < -0.4 is 10.5 Å². The van der Waals surface area contributed by atoms with Gasteiger partial charge in [0, 0.05) is 48.3 Å². The molecule has 1 atom stereocenters. The third-order valence-corrected chi connectivity index (χ3v) is 7.96. The van der Waals surface area contributed by atoms with Gasteiger partial charge in [0.25, 0.3) is 5.56 Å². The van der Waals surface area contributed by atoms with Crippen LogP contribution in [0.4, 0.5) is 5.69 Å². The number of aromatic amines is 1. The minimum absolute atomic E-state index is 0.0931. The molecule has 1 saturated carbocycles. The summed E-state index contributed by atoms with van der Waals surface area (Å²) in [5, 5.41) is 23.7. The molecule has 192 valence electrons. The summed E-state index contributed by atoms with van der Waals surface area (Å²) in [6.07, 6.45) is 4.47. The van der Waals surface area contributed by atoms with Gasteiger partial charge >= 0.3 is 0 Å². The highest BCUT2D eigenvalue weighted by Crippen LogP contribution is 2.35. The van der Waals surface area contributed by atoms with E-state index >= 15 is 0 Å². The van der Waals surface area contributed by atoms with E-state index < -0.39 is 0 Å². The number of hydrogen-bond donors (Lipinski definition) is 2. The first-order valence-corrected chi connectivity index (χ1v) is 13.2. The van der Waals surface area contributed by atoms with Crippen molar-refractivity contribution in [2.75, 3.05) is 31.1 Å². The number of aromatic nitrogens is 5. The number of hydrogen-bond acceptors (Lipinski definition) is 7. The molecule has 1 saturated heterocycles. The van der Waals surface area contributed by atoms with Gasteiger partial charge in [-0.2, -0.15) is 0 Å². The molecule has 1 aliphatic carbocycles. The van der Waals surface area contributed by atoms with Gasteiger partial charge in [0.1, 0.15) is 11.8 Å². The van der Waals surface area contributed by atoms with E-state index in [2.05, 4.69) is 43.3 Å². The highest BCUT2D eigenvalue weighted by atomic mass is 16.3. The molecular formula is C28H33N7O2. The fourth-order valence-electron chi connectivity index (χ4n) is 6.08. The maximum absolute atomic E-state index is 13.6. The summed E-state index contributed by atoms with van der Waals surface area (Å²) >= 11 is 0. The maximum Gasteiger partial charge on any atom is 0.253 e. The quantitative estimate of drug-likeness (QED) is 0.430. The third kappa shape index (κ3) is 4.48. The Morgan fingerprint density at radius 1 is 1.00 bits per heavy atom. The number of H-pyrrole nitrogens is 1. The molecule has 2 aromatic carbocycles. The van der Waals surface area contributed by atoms with Crippen LogP contribution in [0.5, 0.6) is 5.75 Å². The summed E-state index contributed by atoms with van der Waals surface area (Å²) in [4.78, 5) is 21.4. The van der Waals surface area contributed by atoms with E-state index in [9.17, 15) is 9.90 Å². The second-order valence-corrected chi connectivity index (χ2v) is 10.5. The van der Waals surface area contributed by atoms with E-state index in [4.69, 9.17) is 0 Å². The van der Waals surface area contributed by atoms with Gasteiger partial charge < -0.3 is 15.0 Å². The molecule has 0 bridgehead atoms. The first-order chi connectivity index (χ1) is 18.0. The van der Waals surface area contributed by atoms with Crippen molar-refractivity contribution in [3.63, 3.8) is 0 Å². The monoisotopic (exact) mass is 499 g/mol. The lowest BCUT2D eigenvalue weighted by Gasteiger charge is -2.39. The molecule has 2 N–H and O–H groups in total. The summed E-state index contributed by atoms with van der Waals surface area (Å²) in [6, 6.07) is 13.5. The smallest absolute Gasteiger partial charge is 0.253 e. The van der Waals surface area contributed by atoms with Gasteiger partial charge in [-0.1, -0.05) is 18.9 Å². The number of benzene rings is 2. The molecule has 4 aromatic rings. The van der Waals surface area contributed by atoms with Crippen molar-refractivity contribution in [3.8, 4) is 5.75 Å². The van der Waals surface area contributed by atoms with Crippen LogP contribution in [0.1, 0.15) is 60.3 Å². The van der Waals surface area contributed by atoms with E-state index in [-0.39, 0.29) is 23.4 Å². The molecule has 3 heterocycles. The van der Waals surface area contributed by atoms with Gasteiger partial charge in [0.05, 0.1) is 6.04 Å². The Labute approximate surface area is 215 Å². The van der Waals surface area contributed by atoms with E-state index in [0.29, 0.717) is 5.56 Å². The van der Waals surface area contributed by atoms with Gasteiger partial charge in [-0.3, -0.25) is 9.69 Å². The maximum atomic E-state index is 13.6. The van der Waals surface area contributed by atoms with Crippen molar-refractivity contribution in [2.45, 2.75) is 51.6 Å². The highest BCUT2D eigenvalue weighted by Gasteiger charge is 2.34. The van der Waals surface area contributed by atoms with Crippen molar-refractivity contribution >= 4 is 16.6 Å². The fourth-order valence-corrected chi connectivity index (χ4v) is 6.08. The standard InChI is InChI=1S/C28H33N7O2/c1-18-15-19(2)23-17-24(28(37)29-25(23)16-18)26(27-30-31-32-35(27)21-5-3-4-6-21)34-13-11-33(12-14-34)20-7-9-22(36)10-8-20/h7-10,15-17,21,26,36H,3-6,11-14H2,1-2H3,(H,29,37)/t26-/m0/s1. The molecular weight excluding hydrogens is 466 g/mol. The first kappa shape index (κ1) is 23.7. The van der Waals surface area contributed by atoms with Gasteiger partial charge in [-0.25, -0.2) is 4.68 Å². The van der Waals surface area contributed by atoms with Crippen LogP contribution in [0.2, 0.25) is 0 Å². The fraction of sp³-hybridized carbons (Fsp3) is 0.429. The summed E-state index contributed by atoms with van der Waals surface area (Å²) < 4.78 is 1.98. The lowest BCUT2D eigenvalue weighted by Crippen LogP contribution is -2.49. The molecule has 2 aromatic heterocycles. The predicted octanol–water partition coefficient (Wildman–Crippen LogP) is 3.86. The Balaban J connectivity index is 1.40. The van der Waals surface area contributed by atoms with Gasteiger partial charge in [0.15, 0.2) is 5.82 Å². The number of nitrogens with zero attached hydrogens (tertiary/aromatic N) is 6. The summed E-state index contributed by atoms with van der Waals surface area (Å²) in [7, 11) is 0. The third-order valence-electron chi connectivity index (χ3n) is 7.96. The zero-order valence-electron chi connectivity index (χ0n) is 21.4. The molecule has 0 spiro atoms. The molecule has 0 unspecified atom stereocenters. The minimum Gasteiger partial charge on any atom is -0.508 e. The number of aromatic hydroxyl groups is 1. The van der Waals surface area contributed by atoms with Crippen LogP contribution >= 0.6 is 0 Å². The van der Waals surface area contributed by atoms with Gasteiger partial charge in [-0.15, -0.1) is 5.10 Å². The number of fused-ring (bicyclic) bond motifs is 1. The van der Waals surface area contributed by atoms with E-state index in [1.54, 1.807) is 12.1 Å². The first-order valence-electron chi connectivity index (χ1n) is 13.2. The number of phenols is 1. The summed E-state index contributed by atoms with van der Waals surface area (Å²) in [6.45, 7) is 7.25. The second-order valence-electron chi connectivity index (χ2n) is 10.5. The number of piperazine rings is 1. The number of tetrazole rings is 1. The van der Waals surface area contributed by atoms with Crippen molar-refractivity contribution in [1.82, 2.24) is 30.1 Å². The van der Waals surface area contributed by atoms with Crippen LogP contribution in [0.25, 0.3) is 10.9 Å². The molecule has 9 heteroatoms. The largest absolute Gasteiger partial charge is 0.508 e. The second kappa shape index (κ2) is 9.63. The van der Waals surface area contributed by atoms with Crippen molar-refractivity contribution < 1.29 is 5.11 Å². The van der Waals surface area contributed by atoms with E-state index in [0.717, 1.165) is 72.6 Å². The van der Waals surface area contributed by atoms with Gasteiger partial charge in [-0.05, 0) is 84.6 Å². The average Bonchev–Trinajstić information content (AvgIpc) is 3.58. The number of phenolic OH excluding ortho intramolecular Hbond substituents is 1. The zero-order valence-corrected chi connectivity index (χ0v) is 21.4. The van der Waals surface area contributed by atoms with Crippen molar-refractivity contribution in [2.24, 2.45) is 0 Å². The number of nitrogens with one attached hydrogen (secondary N) is 1. The summed E-state index contributed by atoms with van der Waals surface area (Å²) in [5.41, 5.74) is 4.80. The average molecular weight is 500 g/mol. The molecule has 1 aliphatic heterocycles. The topological polar surface area (TPSA) is 103 Å². The van der Waals surface area contributed by atoms with Gasteiger partial charge in [0.2, 0.25) is 0 Å².